The number of nitrogens with one attached hydrogen (secondary N) is 1. The highest BCUT2D eigenvalue weighted by Gasteiger charge is 2.51. The van der Waals surface area contributed by atoms with E-state index in [1.807, 2.05) is 6.08 Å². The zero-order valence-electron chi connectivity index (χ0n) is 54.4. The number of hydrogen-bond acceptors (Lipinski definition) is 13. The Bertz CT molecular complexity index is 1560. The lowest BCUT2D eigenvalue weighted by atomic mass is 9.97. The van der Waals surface area contributed by atoms with Gasteiger partial charge >= 0.3 is 0 Å². The average Bonchev–Trinajstić information content (AvgIpc) is 3.52. The summed E-state index contributed by atoms with van der Waals surface area (Å²) >= 11 is 0. The summed E-state index contributed by atoms with van der Waals surface area (Å²) in [7, 11) is 0. The van der Waals surface area contributed by atoms with E-state index < -0.39 is 86.8 Å². The first-order chi connectivity index (χ1) is 41.6. The second-order valence-corrected chi connectivity index (χ2v) is 25.4. The molecule has 2 fully saturated rings. The lowest BCUT2D eigenvalue weighted by Gasteiger charge is -2.46. The maximum absolute atomic E-state index is 13.3. The van der Waals surface area contributed by atoms with Gasteiger partial charge in [-0.25, -0.2) is 0 Å². The molecule has 0 aromatic carbocycles. The number of aliphatic hydroxyl groups excluding tert-OH is 8. The summed E-state index contributed by atoms with van der Waals surface area (Å²) in [6, 6.07) is -0.936. The molecule has 2 saturated heterocycles. The molecular weight excluding hydrogens is 1070 g/mol. The largest absolute Gasteiger partial charge is 0.394 e. The number of aliphatic hydroxyl groups is 8. The molecule has 2 rings (SSSR count). The quantitative estimate of drug-likeness (QED) is 0.0204. The van der Waals surface area contributed by atoms with Crippen molar-refractivity contribution in [3.8, 4) is 0 Å². The first-order valence-electron chi connectivity index (χ1n) is 35.7. The molecule has 12 atom stereocenters. The van der Waals surface area contributed by atoms with Gasteiger partial charge in [-0.1, -0.05) is 301 Å². The number of hydrogen-bond donors (Lipinski definition) is 9. The molecule has 9 N–H and O–H groups in total. The Morgan fingerprint density at radius 2 is 0.753 bits per heavy atom. The molecule has 0 aromatic rings. The number of allylic oxidation sites excluding steroid dienone is 5. The molecule has 2 aliphatic rings. The van der Waals surface area contributed by atoms with Crippen molar-refractivity contribution in [1.82, 2.24) is 5.32 Å². The second kappa shape index (κ2) is 56.2. The van der Waals surface area contributed by atoms with Gasteiger partial charge in [0.15, 0.2) is 12.6 Å². The van der Waals surface area contributed by atoms with Gasteiger partial charge in [-0.15, -0.1) is 0 Å². The van der Waals surface area contributed by atoms with Crippen molar-refractivity contribution in [2.45, 2.75) is 389 Å². The van der Waals surface area contributed by atoms with Gasteiger partial charge in [0.05, 0.1) is 32.0 Å². The zero-order valence-corrected chi connectivity index (χ0v) is 54.4. The number of unbranched alkanes of at least 4 members (excludes halogenated alkanes) is 42. The molecule has 0 bridgehead atoms. The normalized spacial score (nSPS) is 23.7. The SMILES string of the molecule is CCCCCCCCCC/C=C/CC/C=C/CC/C=C/C(O)C(COC1OC(CO)C(OC2OC(CO)C(O)C(O)C2O)C(O)C1O)NC(=O)CCCCCCCCCCCCCCCCCCCCCCCCCCCCCCCCCCC. The van der Waals surface area contributed by atoms with E-state index in [0.29, 0.717) is 12.8 Å². The van der Waals surface area contributed by atoms with E-state index in [2.05, 4.69) is 43.5 Å². The Morgan fingerprint density at radius 1 is 0.412 bits per heavy atom. The third-order valence-corrected chi connectivity index (χ3v) is 17.6. The Hall–Kier alpha value is -1.79. The van der Waals surface area contributed by atoms with Gasteiger partial charge in [0, 0.05) is 6.42 Å². The van der Waals surface area contributed by atoms with Crippen LogP contribution in [0.2, 0.25) is 0 Å². The van der Waals surface area contributed by atoms with Crippen LogP contribution in [0.1, 0.15) is 316 Å². The lowest BCUT2D eigenvalue weighted by molar-refractivity contribution is -0.359. The van der Waals surface area contributed by atoms with Crippen LogP contribution >= 0.6 is 0 Å². The van der Waals surface area contributed by atoms with Gasteiger partial charge in [-0.3, -0.25) is 4.79 Å². The molecule has 85 heavy (non-hydrogen) atoms. The topological polar surface area (TPSA) is 228 Å². The van der Waals surface area contributed by atoms with Crippen molar-refractivity contribution in [3.05, 3.63) is 36.5 Å². The van der Waals surface area contributed by atoms with E-state index in [9.17, 15) is 45.6 Å². The number of carbonyl (C=O) groups is 1. The first kappa shape index (κ1) is 79.3. The van der Waals surface area contributed by atoms with Crippen molar-refractivity contribution < 1.29 is 64.6 Å². The molecule has 2 aliphatic heterocycles. The van der Waals surface area contributed by atoms with Crippen LogP contribution in [0.4, 0.5) is 0 Å². The van der Waals surface area contributed by atoms with Crippen molar-refractivity contribution >= 4 is 5.91 Å². The van der Waals surface area contributed by atoms with Crippen LogP contribution in [0, 0.1) is 0 Å². The molecule has 2 heterocycles. The highest BCUT2D eigenvalue weighted by molar-refractivity contribution is 5.76. The number of ether oxygens (including phenoxy) is 4. The molecule has 500 valence electrons. The van der Waals surface area contributed by atoms with E-state index in [-0.39, 0.29) is 18.9 Å². The molecule has 0 saturated carbocycles. The minimum absolute atomic E-state index is 0.247. The van der Waals surface area contributed by atoms with Gasteiger partial charge in [0.1, 0.15) is 48.8 Å². The van der Waals surface area contributed by atoms with Gasteiger partial charge in [0.25, 0.3) is 0 Å². The summed E-state index contributed by atoms with van der Waals surface area (Å²) in [5, 5.41) is 87.3. The summed E-state index contributed by atoms with van der Waals surface area (Å²) in [5.74, 6) is -0.247. The van der Waals surface area contributed by atoms with Crippen LogP contribution in [-0.2, 0) is 23.7 Å². The number of rotatable bonds is 59. The Morgan fingerprint density at radius 3 is 1.15 bits per heavy atom. The van der Waals surface area contributed by atoms with Crippen LogP contribution < -0.4 is 5.32 Å². The van der Waals surface area contributed by atoms with Crippen LogP contribution in [0.25, 0.3) is 0 Å². The molecular formula is C71H133NO13. The van der Waals surface area contributed by atoms with Crippen molar-refractivity contribution in [2.24, 2.45) is 0 Å². The highest BCUT2D eigenvalue weighted by atomic mass is 16.7. The minimum Gasteiger partial charge on any atom is -0.394 e. The number of carbonyl (C=O) groups excluding carboxylic acids is 1. The predicted molar refractivity (Wildman–Crippen MR) is 346 cm³/mol. The summed E-state index contributed by atoms with van der Waals surface area (Å²) in [6.07, 6.45) is 55.1. The Balaban J connectivity index is 1.64. The van der Waals surface area contributed by atoms with Crippen LogP contribution in [0.5, 0.6) is 0 Å². The third kappa shape index (κ3) is 40.5. The standard InChI is InChI=1S/C71H133NO13/c1-3-5-7-9-11-13-15-17-19-21-23-24-25-26-27-28-29-30-31-32-33-34-35-36-37-39-41-43-45-47-49-51-53-55-63(76)72-59(60(75)54-52-50-48-46-44-42-40-38-22-20-18-16-14-12-10-8-6-4-2)58-82-70-68(81)66(79)69(62(57-74)84-70)85-71-67(80)65(78)64(77)61(56-73)83-71/h22,38,44,46,52,54,59-62,64-71,73-75,77-81H,3-21,23-37,39-43,45,47-51,53,55-58H2,1-2H3,(H,72,76)/b38-22+,46-44+,54-52+. The van der Waals surface area contributed by atoms with Crippen LogP contribution in [0.3, 0.4) is 0 Å². The fourth-order valence-electron chi connectivity index (χ4n) is 11.9. The fourth-order valence-corrected chi connectivity index (χ4v) is 11.9. The van der Waals surface area contributed by atoms with E-state index in [1.54, 1.807) is 6.08 Å². The molecule has 0 aliphatic carbocycles. The van der Waals surface area contributed by atoms with E-state index in [0.717, 1.165) is 44.9 Å². The fraction of sp³-hybridized carbons (Fsp3) is 0.901. The average molecular weight is 1210 g/mol. The monoisotopic (exact) mass is 1210 g/mol. The minimum atomic E-state index is -1.79. The highest BCUT2D eigenvalue weighted by Crippen LogP contribution is 2.30. The second-order valence-electron chi connectivity index (χ2n) is 25.4. The van der Waals surface area contributed by atoms with Gasteiger partial charge < -0.3 is 65.1 Å². The summed E-state index contributed by atoms with van der Waals surface area (Å²) in [5.41, 5.74) is 0. The van der Waals surface area contributed by atoms with E-state index in [1.165, 1.54) is 238 Å². The molecule has 14 heteroatoms. The maximum Gasteiger partial charge on any atom is 0.220 e. The summed E-state index contributed by atoms with van der Waals surface area (Å²) in [4.78, 5) is 13.3. The molecule has 0 spiro atoms. The number of amides is 1. The van der Waals surface area contributed by atoms with E-state index in [4.69, 9.17) is 18.9 Å². The van der Waals surface area contributed by atoms with Crippen molar-refractivity contribution in [3.63, 3.8) is 0 Å². The third-order valence-electron chi connectivity index (χ3n) is 17.6. The van der Waals surface area contributed by atoms with Gasteiger partial charge in [0.2, 0.25) is 5.91 Å². The molecule has 14 nitrogen and oxygen atoms in total. The van der Waals surface area contributed by atoms with Gasteiger partial charge in [-0.05, 0) is 44.9 Å². The van der Waals surface area contributed by atoms with E-state index >= 15 is 0 Å². The smallest absolute Gasteiger partial charge is 0.220 e. The Kier molecular flexibility index (Phi) is 52.4. The Labute approximate surface area is 519 Å². The van der Waals surface area contributed by atoms with Crippen LogP contribution in [0.15, 0.2) is 36.5 Å². The van der Waals surface area contributed by atoms with Gasteiger partial charge in [-0.2, -0.15) is 0 Å². The first-order valence-corrected chi connectivity index (χ1v) is 35.7. The van der Waals surface area contributed by atoms with Crippen molar-refractivity contribution in [2.75, 3.05) is 19.8 Å². The van der Waals surface area contributed by atoms with Crippen LogP contribution in [-0.4, -0.2) is 140 Å². The molecule has 0 radical (unpaired) electrons. The van der Waals surface area contributed by atoms with Crippen molar-refractivity contribution in [1.29, 1.82) is 0 Å². The zero-order chi connectivity index (χ0) is 61.6. The summed E-state index contributed by atoms with van der Waals surface area (Å²) < 4.78 is 22.8. The molecule has 12 unspecified atom stereocenters. The lowest BCUT2D eigenvalue weighted by Crippen LogP contribution is -2.65. The molecule has 0 aromatic heterocycles. The molecule has 1 amide bonds. The predicted octanol–water partition coefficient (Wildman–Crippen LogP) is 14.5. The summed E-state index contributed by atoms with van der Waals surface area (Å²) in [6.45, 7) is 2.81. The maximum atomic E-state index is 13.3.